The van der Waals surface area contributed by atoms with E-state index in [0.29, 0.717) is 8.68 Å². The van der Waals surface area contributed by atoms with E-state index in [2.05, 4.69) is 18.8 Å². The fourth-order valence-electron chi connectivity index (χ4n) is 1.28. The van der Waals surface area contributed by atoms with Crippen LogP contribution in [0.5, 0.6) is 0 Å². The summed E-state index contributed by atoms with van der Waals surface area (Å²) in [7, 11) is 0. The highest BCUT2D eigenvalue weighted by molar-refractivity contribution is 8.14. The second kappa shape index (κ2) is 7.46. The van der Waals surface area contributed by atoms with Crippen molar-refractivity contribution >= 4 is 51.5 Å². The largest absolute Gasteiger partial charge is 0.333 e. The number of nitrogens with zero attached hydrogens (tertiary/aromatic N) is 2. The molecule has 0 aromatic carbocycles. The minimum Gasteiger partial charge on any atom is -0.333 e. The van der Waals surface area contributed by atoms with Crippen LogP contribution in [0.3, 0.4) is 0 Å². The van der Waals surface area contributed by atoms with Crippen LogP contribution in [-0.4, -0.2) is 28.2 Å². The van der Waals surface area contributed by atoms with E-state index in [9.17, 15) is 4.79 Å². The number of carbonyl (C=O) groups excluding carboxylic acids is 1. The van der Waals surface area contributed by atoms with Crippen molar-refractivity contribution in [3.63, 3.8) is 0 Å². The van der Waals surface area contributed by atoms with Crippen molar-refractivity contribution in [2.75, 3.05) is 13.1 Å². The lowest BCUT2D eigenvalue weighted by Crippen LogP contribution is -2.29. The van der Waals surface area contributed by atoms with E-state index in [1.807, 2.05) is 4.90 Å². The fourth-order valence-corrected chi connectivity index (χ4v) is 3.63. The Kier molecular flexibility index (Phi) is 6.62. The van der Waals surface area contributed by atoms with Gasteiger partial charge in [0.1, 0.15) is 4.34 Å². The van der Waals surface area contributed by atoms with Gasteiger partial charge in [0, 0.05) is 24.9 Å². The molecule has 0 aliphatic heterocycles. The molecule has 0 unspecified atom stereocenters. The highest BCUT2D eigenvalue weighted by Gasteiger charge is 2.17. The molecule has 0 aliphatic carbocycles. The number of rotatable bonds is 5. The Hall–Kier alpha value is 0.0300. The zero-order chi connectivity index (χ0) is 12.8. The number of halogens is 2. The lowest BCUT2D eigenvalue weighted by Gasteiger charge is -2.19. The normalized spacial score (nSPS) is 10.6. The molecule has 0 saturated carbocycles. The maximum atomic E-state index is 12.0. The van der Waals surface area contributed by atoms with Gasteiger partial charge in [0.2, 0.25) is 0 Å². The summed E-state index contributed by atoms with van der Waals surface area (Å²) in [5, 5.41) is 0.278. The van der Waals surface area contributed by atoms with Crippen LogP contribution in [0.25, 0.3) is 0 Å². The number of amides is 1. The van der Waals surface area contributed by atoms with Crippen LogP contribution >= 0.6 is 46.3 Å². The molecule has 17 heavy (non-hydrogen) atoms. The first-order valence-corrected chi connectivity index (χ1v) is 7.75. The molecular weight excluding hydrogens is 299 g/mol. The Balaban J connectivity index is 2.62. The average Bonchev–Trinajstić information content (AvgIpc) is 2.57. The molecular formula is C10H14Cl2N2OS2. The first-order chi connectivity index (χ1) is 8.08. The van der Waals surface area contributed by atoms with Crippen molar-refractivity contribution in [2.24, 2.45) is 0 Å². The molecule has 0 fully saturated rings. The predicted octanol–water partition coefficient (Wildman–Crippen LogP) is 4.78. The summed E-state index contributed by atoms with van der Waals surface area (Å²) in [5.41, 5.74) is 0. The third-order valence-electron chi connectivity index (χ3n) is 1.95. The summed E-state index contributed by atoms with van der Waals surface area (Å²) in [4.78, 5) is 17.8. The summed E-state index contributed by atoms with van der Waals surface area (Å²) >= 11 is 13.9. The first kappa shape index (κ1) is 15.1. The van der Waals surface area contributed by atoms with Gasteiger partial charge in [0.05, 0.1) is 0 Å². The molecule has 1 aromatic rings. The smallest absolute Gasteiger partial charge is 0.288 e. The Morgan fingerprint density at radius 2 is 1.94 bits per heavy atom. The Morgan fingerprint density at radius 1 is 1.35 bits per heavy atom. The quantitative estimate of drug-likeness (QED) is 0.733. The number of aromatic nitrogens is 1. The van der Waals surface area contributed by atoms with E-state index in [1.54, 1.807) is 0 Å². The second-order valence-electron chi connectivity index (χ2n) is 3.40. The zero-order valence-electron chi connectivity index (χ0n) is 9.70. The summed E-state index contributed by atoms with van der Waals surface area (Å²) < 4.78 is 1.03. The van der Waals surface area contributed by atoms with Gasteiger partial charge in [-0.15, -0.1) is 0 Å². The van der Waals surface area contributed by atoms with Gasteiger partial charge in [0.15, 0.2) is 9.49 Å². The lowest BCUT2D eigenvalue weighted by molar-refractivity contribution is 0.223. The van der Waals surface area contributed by atoms with Crippen LogP contribution in [0, 0.1) is 0 Å². The molecule has 0 N–H and O–H groups in total. The van der Waals surface area contributed by atoms with Crippen LogP contribution in [0.15, 0.2) is 4.34 Å². The molecule has 1 amide bonds. The zero-order valence-corrected chi connectivity index (χ0v) is 12.8. The molecule has 0 saturated heterocycles. The standard InChI is InChI=1S/C10H14Cl2N2OS2/c1-3-5-14(6-4-2)10(15)17-9-13-7(11)8(12)16-9/h3-6H2,1-2H3. The van der Waals surface area contributed by atoms with Crippen molar-refractivity contribution in [1.29, 1.82) is 0 Å². The molecule has 3 nitrogen and oxygen atoms in total. The Morgan fingerprint density at radius 3 is 2.35 bits per heavy atom. The summed E-state index contributed by atoms with van der Waals surface area (Å²) in [6, 6.07) is 0. The molecule has 96 valence electrons. The van der Waals surface area contributed by atoms with Crippen molar-refractivity contribution in [3.8, 4) is 0 Å². The highest BCUT2D eigenvalue weighted by atomic mass is 35.5. The highest BCUT2D eigenvalue weighted by Crippen LogP contribution is 2.34. The SMILES string of the molecule is CCCN(CCC)C(=O)Sc1nc(Cl)c(Cl)s1. The van der Waals surface area contributed by atoms with E-state index >= 15 is 0 Å². The van der Waals surface area contributed by atoms with E-state index in [1.165, 1.54) is 11.3 Å². The lowest BCUT2D eigenvalue weighted by atomic mass is 10.4. The summed E-state index contributed by atoms with van der Waals surface area (Å²) in [5.74, 6) is 0. The van der Waals surface area contributed by atoms with Crippen molar-refractivity contribution < 1.29 is 4.79 Å². The van der Waals surface area contributed by atoms with Crippen LogP contribution in [0.2, 0.25) is 9.49 Å². The van der Waals surface area contributed by atoms with Gasteiger partial charge in [-0.05, 0) is 12.8 Å². The van der Waals surface area contributed by atoms with Crippen molar-refractivity contribution in [2.45, 2.75) is 31.0 Å². The number of thiazole rings is 1. The topological polar surface area (TPSA) is 33.2 Å². The molecule has 7 heteroatoms. The van der Waals surface area contributed by atoms with E-state index < -0.39 is 0 Å². The monoisotopic (exact) mass is 312 g/mol. The summed E-state index contributed by atoms with van der Waals surface area (Å²) in [6.45, 7) is 5.65. The molecule has 0 bridgehead atoms. The predicted molar refractivity (Wildman–Crippen MR) is 75.5 cm³/mol. The number of thioether (sulfide) groups is 1. The third kappa shape index (κ3) is 4.66. The van der Waals surface area contributed by atoms with Gasteiger partial charge in [-0.2, -0.15) is 0 Å². The fraction of sp³-hybridized carbons (Fsp3) is 0.600. The van der Waals surface area contributed by atoms with Gasteiger partial charge in [-0.25, -0.2) is 4.98 Å². The van der Waals surface area contributed by atoms with Gasteiger partial charge in [-0.1, -0.05) is 48.4 Å². The minimum absolute atomic E-state index is 0.00998. The molecule has 0 spiro atoms. The van der Waals surface area contributed by atoms with Crippen LogP contribution < -0.4 is 0 Å². The minimum atomic E-state index is 0.00998. The molecule has 0 aliphatic rings. The summed E-state index contributed by atoms with van der Waals surface area (Å²) in [6.07, 6.45) is 1.90. The van der Waals surface area contributed by atoms with E-state index in [0.717, 1.165) is 37.7 Å². The first-order valence-electron chi connectivity index (χ1n) is 5.37. The third-order valence-corrected chi connectivity index (χ3v) is 4.68. The van der Waals surface area contributed by atoms with Gasteiger partial charge in [-0.3, -0.25) is 4.79 Å². The maximum Gasteiger partial charge on any atom is 0.288 e. The van der Waals surface area contributed by atoms with Crippen molar-refractivity contribution in [3.05, 3.63) is 9.49 Å². The van der Waals surface area contributed by atoms with Crippen molar-refractivity contribution in [1.82, 2.24) is 9.88 Å². The maximum absolute atomic E-state index is 12.0. The van der Waals surface area contributed by atoms with E-state index in [-0.39, 0.29) is 10.4 Å². The Labute approximate surface area is 119 Å². The van der Waals surface area contributed by atoms with Crippen LogP contribution in [0.1, 0.15) is 26.7 Å². The molecule has 0 radical (unpaired) electrons. The average molecular weight is 313 g/mol. The molecule has 1 heterocycles. The van der Waals surface area contributed by atoms with E-state index in [4.69, 9.17) is 23.2 Å². The van der Waals surface area contributed by atoms with Gasteiger partial charge < -0.3 is 4.90 Å². The second-order valence-corrected chi connectivity index (χ2v) is 6.56. The number of carbonyl (C=O) groups is 1. The van der Waals surface area contributed by atoms with Gasteiger partial charge >= 0.3 is 0 Å². The number of hydrogen-bond acceptors (Lipinski definition) is 4. The molecule has 1 rings (SSSR count). The van der Waals surface area contributed by atoms with Gasteiger partial charge in [0.25, 0.3) is 5.24 Å². The van der Waals surface area contributed by atoms with Crippen LogP contribution in [0.4, 0.5) is 4.79 Å². The molecule has 0 atom stereocenters. The Bertz CT molecular complexity index is 359. The number of hydrogen-bond donors (Lipinski definition) is 0. The van der Waals surface area contributed by atoms with Crippen LogP contribution in [-0.2, 0) is 0 Å². The molecule has 1 aromatic heterocycles.